The molecule has 3 heterocycles. The average molecular weight is 333 g/mol. The maximum Gasteiger partial charge on any atom is 0.228 e. The Morgan fingerprint density at radius 2 is 1.92 bits per heavy atom. The van der Waals surface area contributed by atoms with Gasteiger partial charge in [-0.25, -0.2) is 4.98 Å². The number of nitrogens with zero attached hydrogens (tertiary/aromatic N) is 3. The molecule has 1 aliphatic rings. The standard InChI is InChI=1S/C19H19N5O/c25-19(13-3-5-20-6-4-13)24-18-10-16-9-14(1-2-15(16)11-23-18)17-12-21-7-8-22-17/h1-2,7-13,20H,3-6H2,(H,23,24,25). The number of nitrogens with one attached hydrogen (secondary N) is 2. The predicted molar refractivity (Wildman–Crippen MR) is 97.0 cm³/mol. The molecular weight excluding hydrogens is 314 g/mol. The maximum atomic E-state index is 12.4. The molecule has 6 nitrogen and oxygen atoms in total. The Morgan fingerprint density at radius 3 is 2.72 bits per heavy atom. The van der Waals surface area contributed by atoms with Crippen LogP contribution in [0.15, 0.2) is 49.1 Å². The number of rotatable bonds is 3. The number of carbonyl (C=O) groups excluding carboxylic acids is 1. The van der Waals surface area contributed by atoms with Crippen molar-refractivity contribution < 1.29 is 4.79 Å². The number of benzene rings is 1. The van der Waals surface area contributed by atoms with E-state index in [4.69, 9.17) is 0 Å². The number of pyridine rings is 1. The van der Waals surface area contributed by atoms with Crippen molar-refractivity contribution in [2.45, 2.75) is 12.8 Å². The van der Waals surface area contributed by atoms with Crippen LogP contribution in [0.1, 0.15) is 12.8 Å². The van der Waals surface area contributed by atoms with Crippen molar-refractivity contribution in [2.75, 3.05) is 18.4 Å². The van der Waals surface area contributed by atoms with Crippen molar-refractivity contribution in [3.63, 3.8) is 0 Å². The summed E-state index contributed by atoms with van der Waals surface area (Å²) >= 11 is 0. The Balaban J connectivity index is 1.59. The third kappa shape index (κ3) is 3.49. The SMILES string of the molecule is O=C(Nc1cc2cc(-c3cnccn3)ccc2cn1)C1CCNCC1. The molecule has 1 fully saturated rings. The molecule has 6 heteroatoms. The molecule has 126 valence electrons. The highest BCUT2D eigenvalue weighted by Gasteiger charge is 2.21. The number of aromatic nitrogens is 3. The van der Waals surface area contributed by atoms with Gasteiger partial charge in [-0.05, 0) is 43.5 Å². The van der Waals surface area contributed by atoms with E-state index in [9.17, 15) is 4.79 Å². The van der Waals surface area contributed by atoms with Gasteiger partial charge in [0, 0.05) is 35.5 Å². The third-order valence-corrected chi connectivity index (χ3v) is 4.54. The molecule has 2 aromatic heterocycles. The Bertz CT molecular complexity index is 891. The minimum absolute atomic E-state index is 0.0541. The molecule has 0 aliphatic carbocycles. The fraction of sp³-hybridized carbons (Fsp3) is 0.263. The normalized spacial score (nSPS) is 15.2. The van der Waals surface area contributed by atoms with Gasteiger partial charge in [0.1, 0.15) is 5.82 Å². The molecule has 1 aromatic carbocycles. The zero-order chi connectivity index (χ0) is 17.1. The number of carbonyl (C=O) groups is 1. The number of hydrogen-bond donors (Lipinski definition) is 2. The summed E-state index contributed by atoms with van der Waals surface area (Å²) in [5, 5.41) is 8.26. The first-order chi connectivity index (χ1) is 12.3. The monoisotopic (exact) mass is 333 g/mol. The van der Waals surface area contributed by atoms with Crippen LogP contribution in [0.25, 0.3) is 22.0 Å². The Hall–Kier alpha value is -2.86. The van der Waals surface area contributed by atoms with Gasteiger partial charge in [0.05, 0.1) is 11.9 Å². The van der Waals surface area contributed by atoms with E-state index in [1.165, 1.54) is 0 Å². The summed E-state index contributed by atoms with van der Waals surface area (Å²) in [4.78, 5) is 25.2. The Labute approximate surface area is 145 Å². The van der Waals surface area contributed by atoms with Crippen LogP contribution in [0.4, 0.5) is 5.82 Å². The van der Waals surface area contributed by atoms with Crippen molar-refractivity contribution in [1.82, 2.24) is 20.3 Å². The highest BCUT2D eigenvalue weighted by atomic mass is 16.1. The van der Waals surface area contributed by atoms with E-state index >= 15 is 0 Å². The van der Waals surface area contributed by atoms with Crippen molar-refractivity contribution in [3.8, 4) is 11.3 Å². The predicted octanol–water partition coefficient (Wildman–Crippen LogP) is 2.63. The number of fused-ring (bicyclic) bond motifs is 1. The summed E-state index contributed by atoms with van der Waals surface area (Å²) in [5.74, 6) is 0.704. The van der Waals surface area contributed by atoms with Crippen molar-refractivity contribution in [1.29, 1.82) is 0 Å². The van der Waals surface area contributed by atoms with Gasteiger partial charge in [0.2, 0.25) is 5.91 Å². The molecule has 0 radical (unpaired) electrons. The smallest absolute Gasteiger partial charge is 0.228 e. The number of hydrogen-bond acceptors (Lipinski definition) is 5. The molecule has 0 saturated carbocycles. The molecule has 2 N–H and O–H groups in total. The fourth-order valence-corrected chi connectivity index (χ4v) is 3.13. The van der Waals surface area contributed by atoms with Crippen LogP contribution in [0.3, 0.4) is 0 Å². The lowest BCUT2D eigenvalue weighted by atomic mass is 9.97. The molecule has 0 spiro atoms. The van der Waals surface area contributed by atoms with Crippen LogP contribution in [0, 0.1) is 5.92 Å². The lowest BCUT2D eigenvalue weighted by Gasteiger charge is -2.21. The fourth-order valence-electron chi connectivity index (χ4n) is 3.13. The van der Waals surface area contributed by atoms with Gasteiger partial charge in [-0.1, -0.05) is 12.1 Å². The summed E-state index contributed by atoms with van der Waals surface area (Å²) in [6, 6.07) is 7.96. The van der Waals surface area contributed by atoms with Crippen LogP contribution in [0.2, 0.25) is 0 Å². The van der Waals surface area contributed by atoms with Crippen molar-refractivity contribution >= 4 is 22.5 Å². The van der Waals surface area contributed by atoms with Crippen molar-refractivity contribution in [2.24, 2.45) is 5.92 Å². The molecule has 4 rings (SSSR count). The quantitative estimate of drug-likeness (QED) is 0.770. The van der Waals surface area contributed by atoms with E-state index < -0.39 is 0 Å². The zero-order valence-electron chi connectivity index (χ0n) is 13.8. The molecule has 1 aliphatic heterocycles. The van der Waals surface area contributed by atoms with Gasteiger partial charge in [0.25, 0.3) is 0 Å². The average Bonchev–Trinajstić information content (AvgIpc) is 2.69. The van der Waals surface area contributed by atoms with Crippen molar-refractivity contribution in [3.05, 3.63) is 49.1 Å². The van der Waals surface area contributed by atoms with Crippen LogP contribution in [0.5, 0.6) is 0 Å². The molecular formula is C19H19N5O. The van der Waals surface area contributed by atoms with E-state index in [2.05, 4.69) is 25.6 Å². The molecule has 1 amide bonds. The Kier molecular flexibility index (Phi) is 4.35. The largest absolute Gasteiger partial charge is 0.317 e. The van der Waals surface area contributed by atoms with E-state index in [1.54, 1.807) is 24.8 Å². The summed E-state index contributed by atoms with van der Waals surface area (Å²) in [6.45, 7) is 1.79. The minimum atomic E-state index is 0.0541. The second-order valence-corrected chi connectivity index (χ2v) is 6.24. The van der Waals surface area contributed by atoms with E-state index in [1.807, 2.05) is 24.3 Å². The highest BCUT2D eigenvalue weighted by molar-refractivity contribution is 5.95. The van der Waals surface area contributed by atoms with Crippen LogP contribution >= 0.6 is 0 Å². The lowest BCUT2D eigenvalue weighted by molar-refractivity contribution is -0.120. The van der Waals surface area contributed by atoms with Crippen LogP contribution in [-0.4, -0.2) is 33.9 Å². The summed E-state index contributed by atoms with van der Waals surface area (Å²) in [7, 11) is 0. The van der Waals surface area contributed by atoms with Gasteiger partial charge in [0.15, 0.2) is 0 Å². The van der Waals surface area contributed by atoms with E-state index in [0.29, 0.717) is 5.82 Å². The highest BCUT2D eigenvalue weighted by Crippen LogP contribution is 2.24. The lowest BCUT2D eigenvalue weighted by Crippen LogP contribution is -2.34. The van der Waals surface area contributed by atoms with Gasteiger partial charge >= 0.3 is 0 Å². The van der Waals surface area contributed by atoms with Gasteiger partial charge in [-0.2, -0.15) is 0 Å². The molecule has 1 saturated heterocycles. The third-order valence-electron chi connectivity index (χ3n) is 4.54. The first-order valence-electron chi connectivity index (χ1n) is 8.47. The second-order valence-electron chi connectivity index (χ2n) is 6.24. The molecule has 0 unspecified atom stereocenters. The van der Waals surface area contributed by atoms with Gasteiger partial charge < -0.3 is 10.6 Å². The topological polar surface area (TPSA) is 79.8 Å². The Morgan fingerprint density at radius 1 is 1.04 bits per heavy atom. The molecule has 3 aromatic rings. The zero-order valence-corrected chi connectivity index (χ0v) is 13.8. The first-order valence-corrected chi connectivity index (χ1v) is 8.47. The first kappa shape index (κ1) is 15.7. The van der Waals surface area contributed by atoms with Crippen LogP contribution in [-0.2, 0) is 4.79 Å². The summed E-state index contributed by atoms with van der Waals surface area (Å²) < 4.78 is 0. The second kappa shape index (κ2) is 6.94. The van der Waals surface area contributed by atoms with E-state index in [0.717, 1.165) is 48.0 Å². The maximum absolute atomic E-state index is 12.4. The number of anilines is 1. The summed E-state index contributed by atoms with van der Waals surface area (Å²) in [6.07, 6.45) is 8.60. The number of piperidine rings is 1. The number of amides is 1. The molecule has 25 heavy (non-hydrogen) atoms. The van der Waals surface area contributed by atoms with Gasteiger partial charge in [-0.15, -0.1) is 0 Å². The van der Waals surface area contributed by atoms with Crippen LogP contribution < -0.4 is 10.6 Å². The van der Waals surface area contributed by atoms with Gasteiger partial charge in [-0.3, -0.25) is 14.8 Å². The molecule has 0 atom stereocenters. The minimum Gasteiger partial charge on any atom is -0.317 e. The van der Waals surface area contributed by atoms with E-state index in [-0.39, 0.29) is 11.8 Å². The summed E-state index contributed by atoms with van der Waals surface area (Å²) in [5.41, 5.74) is 1.81. The molecule has 0 bridgehead atoms.